The second kappa shape index (κ2) is 13.2. The Morgan fingerprint density at radius 1 is 0.550 bits per heavy atom. The standard InChI is InChI=1S/C32H32N2O6/c1-21-17-23(5-15-29(21)33-31(35)19-39-27-11-7-25(37-3)8-12-27)24-6-16-30(22(2)18-24)34-32(36)20-40-28-13-9-26(38-4)10-14-28/h5-18H,19-20H2,1-4H3,(H,33,35)(H,34,36). The van der Waals surface area contributed by atoms with Gasteiger partial charge in [-0.2, -0.15) is 0 Å². The first-order valence-electron chi connectivity index (χ1n) is 12.7. The number of carbonyl (C=O) groups is 2. The van der Waals surface area contributed by atoms with Gasteiger partial charge in [0, 0.05) is 11.4 Å². The summed E-state index contributed by atoms with van der Waals surface area (Å²) in [6, 6.07) is 25.8. The lowest BCUT2D eigenvalue weighted by Crippen LogP contribution is -2.20. The summed E-state index contributed by atoms with van der Waals surface area (Å²) >= 11 is 0. The van der Waals surface area contributed by atoms with Gasteiger partial charge in [-0.25, -0.2) is 0 Å². The third-order valence-electron chi connectivity index (χ3n) is 6.19. The number of carbonyl (C=O) groups excluding carboxylic acids is 2. The van der Waals surface area contributed by atoms with Gasteiger partial charge in [0.15, 0.2) is 13.2 Å². The van der Waals surface area contributed by atoms with Gasteiger partial charge in [-0.1, -0.05) is 12.1 Å². The molecule has 0 atom stereocenters. The highest BCUT2D eigenvalue weighted by molar-refractivity contribution is 5.94. The predicted octanol–water partition coefficient (Wildman–Crippen LogP) is 6.02. The molecule has 0 aliphatic carbocycles. The fourth-order valence-electron chi connectivity index (χ4n) is 3.98. The Morgan fingerprint density at radius 2 is 0.900 bits per heavy atom. The van der Waals surface area contributed by atoms with E-state index < -0.39 is 0 Å². The summed E-state index contributed by atoms with van der Waals surface area (Å²) < 4.78 is 21.4. The molecule has 0 aliphatic heterocycles. The molecule has 206 valence electrons. The Bertz CT molecular complexity index is 1350. The Hall–Kier alpha value is -4.98. The van der Waals surface area contributed by atoms with Gasteiger partial charge in [0.2, 0.25) is 0 Å². The van der Waals surface area contributed by atoms with Crippen molar-refractivity contribution < 1.29 is 28.5 Å². The van der Waals surface area contributed by atoms with Crippen LogP contribution in [0.1, 0.15) is 11.1 Å². The van der Waals surface area contributed by atoms with E-state index in [0.29, 0.717) is 22.9 Å². The molecular formula is C32H32N2O6. The minimum Gasteiger partial charge on any atom is -0.497 e. The summed E-state index contributed by atoms with van der Waals surface area (Å²) in [6.07, 6.45) is 0. The number of ether oxygens (including phenoxy) is 4. The summed E-state index contributed by atoms with van der Waals surface area (Å²) in [7, 11) is 3.19. The Kier molecular flexibility index (Phi) is 9.25. The van der Waals surface area contributed by atoms with Crippen LogP contribution < -0.4 is 29.6 Å². The smallest absolute Gasteiger partial charge is 0.262 e. The van der Waals surface area contributed by atoms with E-state index >= 15 is 0 Å². The first-order valence-corrected chi connectivity index (χ1v) is 12.7. The number of hydrogen-bond donors (Lipinski definition) is 2. The van der Waals surface area contributed by atoms with Crippen LogP contribution in [-0.2, 0) is 9.59 Å². The second-order valence-corrected chi connectivity index (χ2v) is 9.08. The Labute approximate surface area is 233 Å². The molecular weight excluding hydrogens is 508 g/mol. The van der Waals surface area contributed by atoms with Crippen LogP contribution in [0.2, 0.25) is 0 Å². The summed E-state index contributed by atoms with van der Waals surface area (Å²) in [4.78, 5) is 24.9. The van der Waals surface area contributed by atoms with E-state index in [0.717, 1.165) is 33.8 Å². The van der Waals surface area contributed by atoms with Gasteiger partial charge in [-0.15, -0.1) is 0 Å². The summed E-state index contributed by atoms with van der Waals surface area (Å²) in [5, 5.41) is 5.80. The lowest BCUT2D eigenvalue weighted by atomic mass is 10.00. The molecule has 4 rings (SSSR count). The first kappa shape index (κ1) is 28.0. The van der Waals surface area contributed by atoms with Gasteiger partial charge in [-0.3, -0.25) is 9.59 Å². The van der Waals surface area contributed by atoms with Crippen LogP contribution in [0.4, 0.5) is 11.4 Å². The van der Waals surface area contributed by atoms with Crippen molar-refractivity contribution in [3.05, 3.63) is 96.1 Å². The molecule has 40 heavy (non-hydrogen) atoms. The summed E-state index contributed by atoms with van der Waals surface area (Å²) in [5.74, 6) is 2.11. The molecule has 0 saturated heterocycles. The normalized spacial score (nSPS) is 10.4. The fraction of sp³-hybridized carbons (Fsp3) is 0.188. The number of hydrogen-bond acceptors (Lipinski definition) is 6. The maximum Gasteiger partial charge on any atom is 0.262 e. The van der Waals surface area contributed by atoms with Gasteiger partial charge >= 0.3 is 0 Å². The average molecular weight is 541 g/mol. The lowest BCUT2D eigenvalue weighted by Gasteiger charge is -2.13. The molecule has 0 bridgehead atoms. The SMILES string of the molecule is COc1ccc(OCC(=O)Nc2ccc(-c3ccc(NC(=O)COc4ccc(OC)cc4)c(C)c3)cc2C)cc1. The van der Waals surface area contributed by atoms with Crippen molar-refractivity contribution in [2.75, 3.05) is 38.1 Å². The molecule has 0 aromatic heterocycles. The van der Waals surface area contributed by atoms with Gasteiger partial charge < -0.3 is 29.6 Å². The molecule has 0 saturated carbocycles. The van der Waals surface area contributed by atoms with E-state index in [2.05, 4.69) is 10.6 Å². The quantitative estimate of drug-likeness (QED) is 0.242. The second-order valence-electron chi connectivity index (χ2n) is 9.08. The maximum absolute atomic E-state index is 12.4. The van der Waals surface area contributed by atoms with Crippen LogP contribution >= 0.6 is 0 Å². The molecule has 8 heteroatoms. The van der Waals surface area contributed by atoms with E-state index in [4.69, 9.17) is 18.9 Å². The third-order valence-corrected chi connectivity index (χ3v) is 6.19. The van der Waals surface area contributed by atoms with E-state index in [-0.39, 0.29) is 25.0 Å². The van der Waals surface area contributed by atoms with Crippen LogP contribution in [0, 0.1) is 13.8 Å². The Balaban J connectivity index is 1.31. The van der Waals surface area contributed by atoms with E-state index in [9.17, 15) is 9.59 Å². The van der Waals surface area contributed by atoms with Crippen molar-refractivity contribution in [3.63, 3.8) is 0 Å². The molecule has 4 aromatic carbocycles. The summed E-state index contributed by atoms with van der Waals surface area (Å²) in [5.41, 5.74) is 5.25. The lowest BCUT2D eigenvalue weighted by molar-refractivity contribution is -0.118. The van der Waals surface area contributed by atoms with Crippen molar-refractivity contribution in [3.8, 4) is 34.1 Å². The zero-order chi connectivity index (χ0) is 28.5. The van der Waals surface area contributed by atoms with Crippen molar-refractivity contribution in [1.29, 1.82) is 0 Å². The van der Waals surface area contributed by atoms with E-state index in [1.54, 1.807) is 62.8 Å². The highest BCUT2D eigenvalue weighted by Gasteiger charge is 2.10. The number of methoxy groups -OCH3 is 2. The Morgan fingerprint density at radius 3 is 1.23 bits per heavy atom. The molecule has 4 aromatic rings. The fourth-order valence-corrected chi connectivity index (χ4v) is 3.98. The van der Waals surface area contributed by atoms with Gasteiger partial charge in [0.25, 0.3) is 11.8 Å². The number of benzene rings is 4. The highest BCUT2D eigenvalue weighted by Crippen LogP contribution is 2.28. The van der Waals surface area contributed by atoms with Crippen LogP contribution in [0.5, 0.6) is 23.0 Å². The molecule has 0 aliphatic rings. The minimum atomic E-state index is -0.251. The van der Waals surface area contributed by atoms with Crippen molar-refractivity contribution >= 4 is 23.2 Å². The number of nitrogens with one attached hydrogen (secondary N) is 2. The molecule has 2 N–H and O–H groups in total. The van der Waals surface area contributed by atoms with Crippen molar-refractivity contribution in [2.24, 2.45) is 0 Å². The van der Waals surface area contributed by atoms with Crippen LogP contribution in [0.3, 0.4) is 0 Å². The van der Waals surface area contributed by atoms with Crippen molar-refractivity contribution in [2.45, 2.75) is 13.8 Å². The van der Waals surface area contributed by atoms with E-state index in [1.807, 2.05) is 50.2 Å². The predicted molar refractivity (Wildman–Crippen MR) is 156 cm³/mol. The third kappa shape index (κ3) is 7.54. The molecule has 0 fully saturated rings. The molecule has 8 nitrogen and oxygen atoms in total. The van der Waals surface area contributed by atoms with Crippen LogP contribution in [0.15, 0.2) is 84.9 Å². The van der Waals surface area contributed by atoms with Gasteiger partial charge in [-0.05, 0) is 109 Å². The number of aryl methyl sites for hydroxylation is 2. The van der Waals surface area contributed by atoms with Gasteiger partial charge in [0.05, 0.1) is 14.2 Å². The molecule has 0 heterocycles. The first-order chi connectivity index (χ1) is 19.3. The molecule has 0 radical (unpaired) electrons. The summed E-state index contributed by atoms with van der Waals surface area (Å²) in [6.45, 7) is 3.66. The largest absolute Gasteiger partial charge is 0.497 e. The monoisotopic (exact) mass is 540 g/mol. The zero-order valence-electron chi connectivity index (χ0n) is 22.9. The number of anilines is 2. The molecule has 2 amide bonds. The molecule has 0 unspecified atom stereocenters. The average Bonchev–Trinajstić information content (AvgIpc) is 2.97. The zero-order valence-corrected chi connectivity index (χ0v) is 22.9. The van der Waals surface area contributed by atoms with Crippen molar-refractivity contribution in [1.82, 2.24) is 0 Å². The molecule has 0 spiro atoms. The topological polar surface area (TPSA) is 95.1 Å². The van der Waals surface area contributed by atoms with Crippen LogP contribution in [0.25, 0.3) is 11.1 Å². The van der Waals surface area contributed by atoms with Gasteiger partial charge in [0.1, 0.15) is 23.0 Å². The maximum atomic E-state index is 12.4. The minimum absolute atomic E-state index is 0.106. The highest BCUT2D eigenvalue weighted by atomic mass is 16.5. The number of amides is 2. The number of rotatable bonds is 11. The van der Waals surface area contributed by atoms with E-state index in [1.165, 1.54) is 0 Å². The van der Waals surface area contributed by atoms with Crippen LogP contribution in [-0.4, -0.2) is 39.2 Å².